The van der Waals surface area contributed by atoms with Gasteiger partial charge in [0.05, 0.1) is 24.6 Å². The van der Waals surface area contributed by atoms with Gasteiger partial charge in [-0.2, -0.15) is 0 Å². The van der Waals surface area contributed by atoms with Crippen LogP contribution >= 0.6 is 0 Å². The van der Waals surface area contributed by atoms with E-state index in [1.54, 1.807) is 27.7 Å². The van der Waals surface area contributed by atoms with E-state index in [4.69, 9.17) is 30.4 Å². The topological polar surface area (TPSA) is 181 Å². The summed E-state index contributed by atoms with van der Waals surface area (Å²) in [7, 11) is 2.93. The molecule has 3 aromatic carbocycles. The van der Waals surface area contributed by atoms with Gasteiger partial charge in [0.2, 0.25) is 11.8 Å². The average Bonchev–Trinajstić information content (AvgIpc) is 3.91. The molecule has 6 atom stereocenters. The van der Waals surface area contributed by atoms with Crippen LogP contribution in [0.15, 0.2) is 60.7 Å². The van der Waals surface area contributed by atoms with Crippen LogP contribution in [0, 0.1) is 24.7 Å². The van der Waals surface area contributed by atoms with Crippen molar-refractivity contribution in [2.75, 3.05) is 24.9 Å². The number of benzene rings is 3. The van der Waals surface area contributed by atoms with Crippen LogP contribution < -0.4 is 22.1 Å². The fourth-order valence-corrected chi connectivity index (χ4v) is 9.01. The maximum absolute atomic E-state index is 14.6. The van der Waals surface area contributed by atoms with Crippen molar-refractivity contribution in [1.29, 1.82) is 0 Å². The monoisotopic (exact) mass is 742 g/mol. The lowest BCUT2D eigenvalue weighted by Gasteiger charge is -2.23. The lowest BCUT2D eigenvalue weighted by atomic mass is 9.97. The molecule has 5 rings (SSSR count). The summed E-state index contributed by atoms with van der Waals surface area (Å²) in [5.41, 5.74) is 8.27. The van der Waals surface area contributed by atoms with E-state index in [-0.39, 0.29) is 13.2 Å². The maximum atomic E-state index is 14.6. The molecule has 6 unspecified atom stereocenters. The Labute approximate surface area is 317 Å². The molecule has 12 nitrogen and oxygen atoms in total. The van der Waals surface area contributed by atoms with Crippen molar-refractivity contribution in [2.45, 2.75) is 103 Å². The van der Waals surface area contributed by atoms with Crippen molar-refractivity contribution in [3.8, 4) is 0 Å². The lowest BCUT2D eigenvalue weighted by Crippen LogP contribution is -2.35. The van der Waals surface area contributed by atoms with E-state index < -0.39 is 45.0 Å². The van der Waals surface area contributed by atoms with Gasteiger partial charge in [0.15, 0.2) is 23.8 Å². The minimum absolute atomic E-state index is 0.0547. The first-order chi connectivity index (χ1) is 25.7. The Kier molecular flexibility index (Phi) is 11.4. The summed E-state index contributed by atoms with van der Waals surface area (Å²) in [6.07, 6.45) is 1.92. The fraction of sp³-hybridized carbons (Fsp3) is 0.476. The van der Waals surface area contributed by atoms with Crippen LogP contribution in [0.1, 0.15) is 73.9 Å². The van der Waals surface area contributed by atoms with Crippen molar-refractivity contribution < 1.29 is 38.1 Å². The van der Waals surface area contributed by atoms with Gasteiger partial charge in [-0.05, 0) is 73.9 Å². The third-order valence-corrected chi connectivity index (χ3v) is 12.7. The van der Waals surface area contributed by atoms with Gasteiger partial charge in [-0.25, -0.2) is 0 Å². The Morgan fingerprint density at radius 1 is 0.611 bits per heavy atom. The normalized spacial score (nSPS) is 29.7. The Hall–Kier alpha value is -4.30. The zero-order chi connectivity index (χ0) is 39.7. The molecule has 0 bridgehead atoms. The largest absolute Gasteiger partial charge is 0.373 e. The quantitative estimate of drug-likeness (QED) is 0.129. The molecule has 3 aromatic rings. The number of nitrogens with one attached hydrogen (secondary N) is 2. The van der Waals surface area contributed by atoms with Gasteiger partial charge >= 0.3 is 0 Å². The van der Waals surface area contributed by atoms with Crippen molar-refractivity contribution in [3.63, 3.8) is 0 Å². The highest BCUT2D eigenvalue weighted by atomic mass is 16.6. The summed E-state index contributed by atoms with van der Waals surface area (Å²) < 4.78 is 24.7. The van der Waals surface area contributed by atoms with E-state index in [2.05, 4.69) is 10.6 Å². The van der Waals surface area contributed by atoms with Crippen molar-refractivity contribution in [3.05, 3.63) is 94.0 Å². The molecule has 2 aliphatic carbocycles. The fourth-order valence-electron chi connectivity index (χ4n) is 9.01. The number of aldehydes is 2. The molecule has 54 heavy (non-hydrogen) atoms. The van der Waals surface area contributed by atoms with E-state index >= 15 is 0 Å². The number of aryl methyl sites for hydroxylation is 2. The molecule has 6 N–H and O–H groups in total. The van der Waals surface area contributed by atoms with Gasteiger partial charge in [-0.1, -0.05) is 74.5 Å². The SMILES string of the molecule is CCC1(OC)C(C=O)(OCc2ccc(CN)cc2)C1(C)C(=O)Nc1c(C)ccc(C)c1NC(=O)C1(C)C(C=O)(OCc2ccc(CN)cc2)C1(CC)OC. The van der Waals surface area contributed by atoms with E-state index in [1.165, 1.54) is 14.2 Å². The summed E-state index contributed by atoms with van der Waals surface area (Å²) in [4.78, 5) is 55.2. The molecule has 12 heteroatoms. The van der Waals surface area contributed by atoms with Crippen LogP contribution in [0.25, 0.3) is 0 Å². The summed E-state index contributed by atoms with van der Waals surface area (Å²) in [6, 6.07) is 18.7. The van der Waals surface area contributed by atoms with E-state index in [1.807, 2.05) is 74.5 Å². The molecular formula is C42H54N4O8. The zero-order valence-electron chi connectivity index (χ0n) is 32.6. The number of carbonyl (C=O) groups is 4. The van der Waals surface area contributed by atoms with Crippen molar-refractivity contribution in [2.24, 2.45) is 22.3 Å². The molecule has 2 aliphatic rings. The second-order valence-electron chi connectivity index (χ2n) is 14.7. The molecular weight excluding hydrogens is 688 g/mol. The number of carbonyl (C=O) groups excluding carboxylic acids is 4. The van der Waals surface area contributed by atoms with Crippen LogP contribution in [0.4, 0.5) is 11.4 Å². The van der Waals surface area contributed by atoms with Gasteiger partial charge in [0.25, 0.3) is 0 Å². The Morgan fingerprint density at radius 2 is 0.926 bits per heavy atom. The first kappa shape index (κ1) is 40.9. The van der Waals surface area contributed by atoms with Gasteiger partial charge in [-0.15, -0.1) is 0 Å². The van der Waals surface area contributed by atoms with Crippen LogP contribution in [0.5, 0.6) is 0 Å². The number of amides is 2. The number of methoxy groups -OCH3 is 2. The number of anilines is 2. The Bertz CT molecular complexity index is 1750. The van der Waals surface area contributed by atoms with Gasteiger partial charge in [0, 0.05) is 27.3 Å². The van der Waals surface area contributed by atoms with Gasteiger partial charge < -0.3 is 41.0 Å². The molecule has 2 amide bonds. The standard InChI is InChI=1S/C42H54N4O8/c1-9-39(51-7)37(5,41(39,25-47)53-23-31-17-13-29(21-43)14-18-31)35(49)45-33-27(3)11-12-28(4)34(33)46-36(50)38(6)40(10-2,52-8)42(38,26-48)54-24-32-19-15-30(22-44)16-20-32/h11-20,25-26H,9-10,21-24,43-44H2,1-8H3,(H,45,49)(H,46,50). The second-order valence-corrected chi connectivity index (χ2v) is 14.7. The minimum Gasteiger partial charge on any atom is -0.373 e. The van der Waals surface area contributed by atoms with E-state index in [0.29, 0.717) is 61.0 Å². The summed E-state index contributed by atoms with van der Waals surface area (Å²) in [5.74, 6) is -1.05. The summed E-state index contributed by atoms with van der Waals surface area (Å²) in [5, 5.41) is 6.07. The zero-order valence-corrected chi connectivity index (χ0v) is 32.6. The number of rotatable bonds is 18. The third-order valence-electron chi connectivity index (χ3n) is 12.7. The molecule has 290 valence electrons. The summed E-state index contributed by atoms with van der Waals surface area (Å²) in [6.45, 7) is 11.5. The number of hydrogen-bond acceptors (Lipinski definition) is 10. The highest BCUT2D eigenvalue weighted by Gasteiger charge is 2.91. The van der Waals surface area contributed by atoms with Crippen LogP contribution in [-0.2, 0) is 64.4 Å². The number of nitrogens with two attached hydrogens (primary N) is 2. The van der Waals surface area contributed by atoms with Crippen molar-refractivity contribution in [1.82, 2.24) is 0 Å². The maximum Gasteiger partial charge on any atom is 0.236 e. The highest BCUT2D eigenvalue weighted by Crippen LogP contribution is 2.71. The molecule has 0 heterocycles. The summed E-state index contributed by atoms with van der Waals surface area (Å²) >= 11 is 0. The first-order valence-corrected chi connectivity index (χ1v) is 18.3. The number of ether oxygens (including phenoxy) is 4. The molecule has 2 saturated carbocycles. The minimum atomic E-state index is -1.62. The molecule has 2 fully saturated rings. The molecule has 0 aliphatic heterocycles. The highest BCUT2D eigenvalue weighted by molar-refractivity contribution is 6.11. The Morgan fingerprint density at radius 3 is 1.19 bits per heavy atom. The van der Waals surface area contributed by atoms with Gasteiger partial charge in [0.1, 0.15) is 22.0 Å². The molecule has 0 spiro atoms. The Balaban J connectivity index is 1.45. The van der Waals surface area contributed by atoms with E-state index in [0.717, 1.165) is 22.3 Å². The average molecular weight is 743 g/mol. The predicted octanol–water partition coefficient (Wildman–Crippen LogP) is 5.04. The van der Waals surface area contributed by atoms with E-state index in [9.17, 15) is 19.2 Å². The smallest absolute Gasteiger partial charge is 0.236 e. The second kappa shape index (κ2) is 15.1. The lowest BCUT2D eigenvalue weighted by molar-refractivity contribution is -0.134. The number of hydrogen-bond donors (Lipinski definition) is 4. The molecule has 0 radical (unpaired) electrons. The van der Waals surface area contributed by atoms with Crippen molar-refractivity contribution >= 4 is 35.8 Å². The third kappa shape index (κ3) is 5.57. The van der Waals surface area contributed by atoms with Gasteiger partial charge in [-0.3, -0.25) is 19.2 Å². The van der Waals surface area contributed by atoms with Crippen LogP contribution in [0.2, 0.25) is 0 Å². The van der Waals surface area contributed by atoms with Crippen LogP contribution in [-0.4, -0.2) is 61.0 Å². The van der Waals surface area contributed by atoms with Crippen LogP contribution in [0.3, 0.4) is 0 Å². The molecule has 0 saturated heterocycles. The first-order valence-electron chi connectivity index (χ1n) is 18.3. The molecule has 0 aromatic heterocycles. The predicted molar refractivity (Wildman–Crippen MR) is 205 cm³/mol.